The average molecular weight is 428 g/mol. The second kappa shape index (κ2) is 12.6. The van der Waals surface area contributed by atoms with E-state index in [2.05, 4.69) is 37.9 Å². The Kier molecular flexibility index (Phi) is 13.3. The van der Waals surface area contributed by atoms with Crippen molar-refractivity contribution in [1.82, 2.24) is 0 Å². The summed E-state index contributed by atoms with van der Waals surface area (Å²) in [5, 5.41) is 10.8. The molecule has 1 N–H and O–H groups in total. The third-order valence-corrected chi connectivity index (χ3v) is 5.42. The van der Waals surface area contributed by atoms with Gasteiger partial charge in [0.25, 0.3) is 0 Å². The molecule has 0 fully saturated rings. The van der Waals surface area contributed by atoms with Crippen LogP contribution >= 0.6 is 24.8 Å². The van der Waals surface area contributed by atoms with Crippen LogP contribution in [-0.2, 0) is 21.7 Å². The van der Waals surface area contributed by atoms with E-state index in [4.69, 9.17) is 0 Å². The molecule has 0 aliphatic heterocycles. The summed E-state index contributed by atoms with van der Waals surface area (Å²) in [5.41, 5.74) is 2.17. The summed E-state index contributed by atoms with van der Waals surface area (Å²) in [6.45, 7) is 7.06. The standard InChI is InChI=1S/C12H10O.C8H13Si.2ClH.Ti/c13-12-8-4-7-11(9-12)10-5-2-1-3-6-10;1-9(2,3)8-6-4-5-7-8;;;/h1-9,13H;4,6H,5H2,1-3H3;2*1H;/q;-1;;;. The fraction of sp³-hybridized carbons (Fsp3) is 0.200. The van der Waals surface area contributed by atoms with Gasteiger partial charge in [0.05, 0.1) is 0 Å². The second-order valence-electron chi connectivity index (χ2n) is 6.36. The molecule has 3 rings (SSSR count). The first kappa shape index (κ1) is 26.5. The molecule has 0 spiro atoms. The van der Waals surface area contributed by atoms with Crippen molar-refractivity contribution in [2.24, 2.45) is 0 Å². The summed E-state index contributed by atoms with van der Waals surface area (Å²) in [6.07, 6.45) is 8.82. The van der Waals surface area contributed by atoms with E-state index in [1.54, 1.807) is 12.1 Å². The van der Waals surface area contributed by atoms with Crippen LogP contribution in [-0.4, -0.2) is 13.2 Å². The summed E-state index contributed by atoms with van der Waals surface area (Å²) in [7, 11) is -1.01. The summed E-state index contributed by atoms with van der Waals surface area (Å²) in [5.74, 6) is 0.307. The Hall–Kier alpha value is -0.769. The van der Waals surface area contributed by atoms with Gasteiger partial charge in [0.1, 0.15) is 5.75 Å². The van der Waals surface area contributed by atoms with E-state index in [9.17, 15) is 5.11 Å². The molecule has 0 amide bonds. The van der Waals surface area contributed by atoms with Gasteiger partial charge in [0.15, 0.2) is 0 Å². The Morgan fingerprint density at radius 3 is 1.92 bits per heavy atom. The van der Waals surface area contributed by atoms with Crippen LogP contribution in [0.25, 0.3) is 11.1 Å². The number of rotatable bonds is 2. The molecule has 0 atom stereocenters. The molecule has 134 valence electrons. The molecule has 0 saturated carbocycles. The Labute approximate surface area is 180 Å². The summed E-state index contributed by atoms with van der Waals surface area (Å²) >= 11 is 0. The molecule has 0 saturated heterocycles. The van der Waals surface area contributed by atoms with E-state index < -0.39 is 8.07 Å². The molecule has 1 aliphatic carbocycles. The summed E-state index contributed by atoms with van der Waals surface area (Å²) in [4.78, 5) is 0. The Morgan fingerprint density at radius 2 is 1.48 bits per heavy atom. The maximum atomic E-state index is 9.27. The number of phenols is 1. The van der Waals surface area contributed by atoms with Gasteiger partial charge in [0, 0.05) is 29.8 Å². The SMILES string of the molecule is C[Si](C)(C)C1=[C-]CC=C1.Cl.Cl.Oc1cccc(-c2ccccc2)c1.[Ti]. The normalized spacial score (nSPS) is 11.7. The fourth-order valence-electron chi connectivity index (χ4n) is 2.24. The minimum absolute atomic E-state index is 0. The molecule has 25 heavy (non-hydrogen) atoms. The molecule has 5 heteroatoms. The van der Waals surface area contributed by atoms with Gasteiger partial charge in [0.2, 0.25) is 0 Å². The number of aromatic hydroxyl groups is 1. The average Bonchev–Trinajstić information content (AvgIpc) is 3.03. The Bertz CT molecular complexity index is 680. The van der Waals surface area contributed by atoms with Crippen molar-refractivity contribution < 1.29 is 26.8 Å². The zero-order valence-corrected chi connectivity index (χ0v) is 19.0. The zero-order chi connectivity index (χ0) is 16.0. The summed E-state index contributed by atoms with van der Waals surface area (Å²) < 4.78 is 0. The van der Waals surface area contributed by atoms with Crippen molar-refractivity contribution >= 4 is 32.9 Å². The van der Waals surface area contributed by atoms with Gasteiger partial charge in [-0.3, -0.25) is 6.08 Å². The first-order valence-electron chi connectivity index (χ1n) is 7.59. The van der Waals surface area contributed by atoms with E-state index in [0.717, 1.165) is 17.5 Å². The number of hydrogen-bond donors (Lipinski definition) is 1. The smallest absolute Gasteiger partial charge is 0.116 e. The number of allylic oxidation sites excluding steroid dienone is 4. The van der Waals surface area contributed by atoms with Crippen molar-refractivity contribution in [3.8, 4) is 16.9 Å². The second-order valence-corrected chi connectivity index (χ2v) is 11.4. The van der Waals surface area contributed by atoms with Crippen LogP contribution < -0.4 is 0 Å². The summed E-state index contributed by atoms with van der Waals surface area (Å²) in [6, 6.07) is 17.3. The molecule has 0 radical (unpaired) electrons. The van der Waals surface area contributed by atoms with Gasteiger partial charge in [-0.2, -0.15) is 6.08 Å². The third-order valence-electron chi connectivity index (χ3n) is 3.46. The zero-order valence-electron chi connectivity index (χ0n) is 14.8. The minimum Gasteiger partial charge on any atom is -0.508 e. The number of phenolic OH excluding ortho intramolecular Hbond substituents is 1. The first-order chi connectivity index (χ1) is 10.5. The van der Waals surface area contributed by atoms with Crippen molar-refractivity contribution in [2.75, 3.05) is 0 Å². The van der Waals surface area contributed by atoms with Crippen molar-refractivity contribution in [3.05, 3.63) is 78.0 Å². The largest absolute Gasteiger partial charge is 0.508 e. The molecule has 0 unspecified atom stereocenters. The van der Waals surface area contributed by atoms with Crippen LogP contribution in [0.1, 0.15) is 6.42 Å². The van der Waals surface area contributed by atoms with E-state index in [1.807, 2.05) is 42.5 Å². The Morgan fingerprint density at radius 1 is 0.880 bits per heavy atom. The van der Waals surface area contributed by atoms with Gasteiger partial charge in [-0.1, -0.05) is 62.1 Å². The maximum Gasteiger partial charge on any atom is 0.116 e. The predicted molar refractivity (Wildman–Crippen MR) is 112 cm³/mol. The van der Waals surface area contributed by atoms with Gasteiger partial charge < -0.3 is 5.11 Å². The minimum atomic E-state index is -1.01. The third kappa shape index (κ3) is 8.94. The number of hydrogen-bond acceptors (Lipinski definition) is 1. The van der Waals surface area contributed by atoms with E-state index in [0.29, 0.717) is 5.75 Å². The monoisotopic (exact) mass is 427 g/mol. The van der Waals surface area contributed by atoms with E-state index in [-0.39, 0.29) is 46.5 Å². The van der Waals surface area contributed by atoms with Crippen LogP contribution in [0.4, 0.5) is 0 Å². The van der Waals surface area contributed by atoms with Gasteiger partial charge in [-0.05, 0) is 23.3 Å². The molecule has 1 aliphatic rings. The molecule has 0 bridgehead atoms. The fourth-order valence-corrected chi connectivity index (χ4v) is 3.49. The topological polar surface area (TPSA) is 20.2 Å². The molecule has 0 aromatic heterocycles. The van der Waals surface area contributed by atoms with Crippen molar-refractivity contribution in [2.45, 2.75) is 26.1 Å². The quantitative estimate of drug-likeness (QED) is 0.430. The first-order valence-corrected chi connectivity index (χ1v) is 11.1. The van der Waals surface area contributed by atoms with Crippen molar-refractivity contribution in [1.29, 1.82) is 0 Å². The molecule has 2 aromatic rings. The number of benzene rings is 2. The molecule has 2 aromatic carbocycles. The van der Waals surface area contributed by atoms with Gasteiger partial charge in [-0.15, -0.1) is 31.2 Å². The molecule has 1 nitrogen and oxygen atoms in total. The Balaban J connectivity index is 0. The predicted octanol–water partition coefficient (Wildman–Crippen LogP) is 6.45. The molecule has 0 heterocycles. The van der Waals surface area contributed by atoms with Crippen molar-refractivity contribution in [3.63, 3.8) is 0 Å². The van der Waals surface area contributed by atoms with Crippen LogP contribution in [0.3, 0.4) is 0 Å². The maximum absolute atomic E-state index is 9.27. The van der Waals surface area contributed by atoms with Gasteiger partial charge >= 0.3 is 0 Å². The van der Waals surface area contributed by atoms with Crippen LogP contribution in [0.15, 0.2) is 71.9 Å². The van der Waals surface area contributed by atoms with E-state index in [1.165, 1.54) is 5.20 Å². The number of halogens is 2. The molecular weight excluding hydrogens is 403 g/mol. The van der Waals surface area contributed by atoms with Crippen LogP contribution in [0, 0.1) is 6.08 Å². The van der Waals surface area contributed by atoms with Gasteiger partial charge in [-0.25, -0.2) is 11.3 Å². The van der Waals surface area contributed by atoms with E-state index >= 15 is 0 Å². The van der Waals surface area contributed by atoms with Crippen LogP contribution in [0.2, 0.25) is 19.6 Å². The van der Waals surface area contributed by atoms with Crippen LogP contribution in [0.5, 0.6) is 5.75 Å². The molecular formula is C20H25Cl2OSiTi-.